The number of rotatable bonds is 0. The molecule has 18 heavy (non-hydrogen) atoms. The third-order valence-electron chi connectivity index (χ3n) is 4.37. The van der Waals surface area contributed by atoms with Gasteiger partial charge in [-0.3, -0.25) is 0 Å². The van der Waals surface area contributed by atoms with E-state index in [4.69, 9.17) is 0 Å². The zero-order valence-electron chi connectivity index (χ0n) is 11.3. The minimum Gasteiger partial charge on any atom is -0.237 e. The highest BCUT2D eigenvalue weighted by atomic mass is 19.1. The van der Waals surface area contributed by atoms with Gasteiger partial charge < -0.3 is 0 Å². The summed E-state index contributed by atoms with van der Waals surface area (Å²) < 4.78 is 14.8. The van der Waals surface area contributed by atoms with Gasteiger partial charge in [-0.2, -0.15) is 0 Å². The van der Waals surface area contributed by atoms with Gasteiger partial charge >= 0.3 is 0 Å². The van der Waals surface area contributed by atoms with E-state index in [-0.39, 0.29) is 0 Å². The van der Waals surface area contributed by atoms with Crippen molar-refractivity contribution in [3.05, 3.63) is 57.6 Å². The Morgan fingerprint density at radius 2 is 1.11 bits per heavy atom. The Hall–Kier alpha value is -1.63. The van der Waals surface area contributed by atoms with Gasteiger partial charge in [-0.1, -0.05) is 24.3 Å². The SMILES string of the molecule is Cc1ccc2c(c1C)C(F)c1c-2ccc(C)c1C. The first-order chi connectivity index (χ1) is 8.52. The number of hydrogen-bond acceptors (Lipinski definition) is 0. The zero-order chi connectivity index (χ0) is 13.0. The first-order valence-corrected chi connectivity index (χ1v) is 6.37. The summed E-state index contributed by atoms with van der Waals surface area (Å²) in [5.74, 6) is 0. The highest BCUT2D eigenvalue weighted by Crippen LogP contribution is 2.49. The molecular weight excluding hydrogens is 223 g/mol. The Morgan fingerprint density at radius 1 is 0.722 bits per heavy atom. The van der Waals surface area contributed by atoms with Crippen LogP contribution in [-0.4, -0.2) is 0 Å². The van der Waals surface area contributed by atoms with Crippen LogP contribution in [0, 0.1) is 27.7 Å². The van der Waals surface area contributed by atoms with Crippen LogP contribution in [0.3, 0.4) is 0 Å². The van der Waals surface area contributed by atoms with E-state index in [1.807, 2.05) is 27.7 Å². The van der Waals surface area contributed by atoms with Gasteiger partial charge in [0, 0.05) is 11.1 Å². The van der Waals surface area contributed by atoms with E-state index < -0.39 is 6.17 Å². The van der Waals surface area contributed by atoms with Gasteiger partial charge in [0.05, 0.1) is 0 Å². The smallest absolute Gasteiger partial charge is 0.152 e. The van der Waals surface area contributed by atoms with E-state index in [2.05, 4.69) is 24.3 Å². The molecule has 0 amide bonds. The van der Waals surface area contributed by atoms with Crippen molar-refractivity contribution < 1.29 is 4.39 Å². The Morgan fingerprint density at radius 3 is 1.50 bits per heavy atom. The standard InChI is InChI=1S/C17H17F/c1-9-5-7-13-14-8-6-10(2)12(4)16(14)17(18)15(13)11(9)3/h5-8,17H,1-4H3. The summed E-state index contributed by atoms with van der Waals surface area (Å²) in [6.45, 7) is 8.14. The molecule has 0 radical (unpaired) electrons. The van der Waals surface area contributed by atoms with Crippen molar-refractivity contribution in [1.29, 1.82) is 0 Å². The molecule has 0 heterocycles. The van der Waals surface area contributed by atoms with Crippen molar-refractivity contribution >= 4 is 0 Å². The van der Waals surface area contributed by atoms with Crippen molar-refractivity contribution in [2.24, 2.45) is 0 Å². The molecule has 0 aliphatic heterocycles. The molecule has 92 valence electrons. The van der Waals surface area contributed by atoms with Crippen molar-refractivity contribution in [2.45, 2.75) is 33.9 Å². The summed E-state index contributed by atoms with van der Waals surface area (Å²) in [5.41, 5.74) is 8.41. The number of alkyl halides is 1. The lowest BCUT2D eigenvalue weighted by Gasteiger charge is -2.11. The number of aryl methyl sites for hydroxylation is 2. The minimum absolute atomic E-state index is 0.874. The predicted octanol–water partition coefficient (Wildman–Crippen LogP) is 4.96. The minimum atomic E-state index is -0.963. The summed E-state index contributed by atoms with van der Waals surface area (Å²) in [5, 5.41) is 0. The van der Waals surface area contributed by atoms with Gasteiger partial charge in [0.2, 0.25) is 0 Å². The number of benzene rings is 2. The lowest BCUT2D eigenvalue weighted by Crippen LogP contribution is -1.96. The molecule has 1 aliphatic carbocycles. The fourth-order valence-electron chi connectivity index (χ4n) is 2.94. The highest BCUT2D eigenvalue weighted by Gasteiger charge is 2.32. The maximum Gasteiger partial charge on any atom is 0.152 e. The van der Waals surface area contributed by atoms with Crippen molar-refractivity contribution in [3.63, 3.8) is 0 Å². The second kappa shape index (κ2) is 3.68. The third-order valence-corrected chi connectivity index (χ3v) is 4.37. The molecule has 0 saturated carbocycles. The molecule has 0 N–H and O–H groups in total. The van der Waals surface area contributed by atoms with Gasteiger partial charge in [-0.05, 0) is 61.1 Å². The normalized spacial score (nSPS) is 13.6. The first-order valence-electron chi connectivity index (χ1n) is 6.37. The fraction of sp³-hybridized carbons (Fsp3) is 0.294. The second-order valence-corrected chi connectivity index (χ2v) is 5.30. The van der Waals surface area contributed by atoms with E-state index in [9.17, 15) is 4.39 Å². The Bertz CT molecular complexity index is 596. The number of halogens is 1. The molecule has 0 fully saturated rings. The number of fused-ring (bicyclic) bond motifs is 3. The molecule has 0 nitrogen and oxygen atoms in total. The summed E-state index contributed by atoms with van der Waals surface area (Å²) in [7, 11) is 0. The average molecular weight is 240 g/mol. The highest BCUT2D eigenvalue weighted by molar-refractivity contribution is 5.81. The largest absolute Gasteiger partial charge is 0.237 e. The van der Waals surface area contributed by atoms with E-state index in [0.717, 1.165) is 33.4 Å². The summed E-state index contributed by atoms with van der Waals surface area (Å²) in [4.78, 5) is 0. The molecule has 1 aliphatic rings. The predicted molar refractivity (Wildman–Crippen MR) is 73.8 cm³/mol. The molecular formula is C17H17F. The molecule has 0 aromatic heterocycles. The Kier molecular flexibility index (Phi) is 2.34. The van der Waals surface area contributed by atoms with E-state index in [1.54, 1.807) is 0 Å². The molecule has 0 spiro atoms. The second-order valence-electron chi connectivity index (χ2n) is 5.30. The summed E-state index contributed by atoms with van der Waals surface area (Å²) in [6, 6.07) is 8.30. The van der Waals surface area contributed by atoms with Crippen LogP contribution in [-0.2, 0) is 0 Å². The lowest BCUT2D eigenvalue weighted by molar-refractivity contribution is 0.406. The number of hydrogen-bond donors (Lipinski definition) is 0. The van der Waals surface area contributed by atoms with Gasteiger partial charge in [0.1, 0.15) is 0 Å². The van der Waals surface area contributed by atoms with Crippen LogP contribution >= 0.6 is 0 Å². The molecule has 0 unspecified atom stereocenters. The van der Waals surface area contributed by atoms with Gasteiger partial charge in [0.25, 0.3) is 0 Å². The van der Waals surface area contributed by atoms with E-state index in [1.165, 1.54) is 11.1 Å². The van der Waals surface area contributed by atoms with Crippen molar-refractivity contribution in [1.82, 2.24) is 0 Å². The van der Waals surface area contributed by atoms with Crippen LogP contribution in [0.5, 0.6) is 0 Å². The molecule has 3 rings (SSSR count). The van der Waals surface area contributed by atoms with Crippen LogP contribution in [0.15, 0.2) is 24.3 Å². The fourth-order valence-corrected chi connectivity index (χ4v) is 2.94. The topological polar surface area (TPSA) is 0 Å². The molecule has 0 atom stereocenters. The van der Waals surface area contributed by atoms with Crippen LogP contribution < -0.4 is 0 Å². The Labute approximate surface area is 107 Å². The van der Waals surface area contributed by atoms with Crippen LogP contribution in [0.2, 0.25) is 0 Å². The molecule has 2 aromatic carbocycles. The first kappa shape index (κ1) is 11.5. The molecule has 0 saturated heterocycles. The maximum absolute atomic E-state index is 14.8. The molecule has 2 aromatic rings. The van der Waals surface area contributed by atoms with Crippen LogP contribution in [0.1, 0.15) is 39.6 Å². The quantitative estimate of drug-likeness (QED) is 0.610. The van der Waals surface area contributed by atoms with Gasteiger partial charge in [-0.15, -0.1) is 0 Å². The average Bonchev–Trinajstić information content (AvgIpc) is 2.63. The molecule has 1 heteroatoms. The molecule has 0 bridgehead atoms. The van der Waals surface area contributed by atoms with Crippen molar-refractivity contribution in [3.8, 4) is 11.1 Å². The van der Waals surface area contributed by atoms with Crippen LogP contribution in [0.25, 0.3) is 11.1 Å². The maximum atomic E-state index is 14.8. The summed E-state index contributed by atoms with van der Waals surface area (Å²) in [6.07, 6.45) is -0.963. The monoisotopic (exact) mass is 240 g/mol. The van der Waals surface area contributed by atoms with Crippen molar-refractivity contribution in [2.75, 3.05) is 0 Å². The zero-order valence-corrected chi connectivity index (χ0v) is 11.3. The van der Waals surface area contributed by atoms with Crippen LogP contribution in [0.4, 0.5) is 4.39 Å². The Balaban J connectivity index is 2.38. The van der Waals surface area contributed by atoms with E-state index in [0.29, 0.717) is 0 Å². The lowest BCUT2D eigenvalue weighted by atomic mass is 9.97. The van der Waals surface area contributed by atoms with Gasteiger partial charge in [0.15, 0.2) is 6.17 Å². The third kappa shape index (κ3) is 1.30. The van der Waals surface area contributed by atoms with E-state index >= 15 is 0 Å². The van der Waals surface area contributed by atoms with Gasteiger partial charge in [-0.25, -0.2) is 4.39 Å². The summed E-state index contributed by atoms with van der Waals surface area (Å²) >= 11 is 0.